The molecule has 0 saturated heterocycles. The molecule has 0 saturated carbocycles. The first-order chi connectivity index (χ1) is 14.0. The number of nitrogens with one attached hydrogen (secondary N) is 1. The van der Waals surface area contributed by atoms with E-state index < -0.39 is 0 Å². The van der Waals surface area contributed by atoms with Crippen molar-refractivity contribution in [1.29, 1.82) is 0 Å². The Hall–Kier alpha value is -2.48. The Balaban J connectivity index is 1.72. The molecule has 3 aromatic rings. The van der Waals surface area contributed by atoms with Crippen LogP contribution in [0.1, 0.15) is 11.1 Å². The quantitative estimate of drug-likeness (QED) is 0.458. The number of methoxy groups -OCH3 is 1. The minimum Gasteiger partial charge on any atom is -0.493 e. The summed E-state index contributed by atoms with van der Waals surface area (Å²) in [5.41, 5.74) is 1.68. The second-order valence-corrected chi connectivity index (χ2v) is 7.18. The first-order valence-corrected chi connectivity index (χ1v) is 9.69. The maximum atomic E-state index is 6.44. The fraction of sp³-hybridized carbons (Fsp3) is 0.211. The number of benzene rings is 2. The monoisotopic (exact) mass is 453 g/mol. The maximum Gasteiger partial charge on any atom is 0.243 e. The van der Waals surface area contributed by atoms with Gasteiger partial charge in [-0.2, -0.15) is 0 Å². The fourth-order valence-electron chi connectivity index (χ4n) is 2.53. The van der Waals surface area contributed by atoms with E-state index in [4.69, 9.17) is 44.3 Å². The number of aromatic nitrogens is 4. The van der Waals surface area contributed by atoms with Crippen molar-refractivity contribution in [3.63, 3.8) is 0 Å². The van der Waals surface area contributed by atoms with Crippen LogP contribution in [0.25, 0.3) is 0 Å². The van der Waals surface area contributed by atoms with Gasteiger partial charge in [0.15, 0.2) is 11.5 Å². The van der Waals surface area contributed by atoms with E-state index in [0.717, 1.165) is 11.1 Å². The van der Waals surface area contributed by atoms with E-state index in [-0.39, 0.29) is 6.61 Å². The second kappa shape index (κ2) is 9.82. The maximum absolute atomic E-state index is 6.44. The van der Waals surface area contributed by atoms with Gasteiger partial charge in [0, 0.05) is 17.6 Å². The predicted octanol–water partition coefficient (Wildman–Crippen LogP) is 5.02. The molecular formula is C19H18Cl3N5O2. The normalized spacial score (nSPS) is 10.6. The predicted molar refractivity (Wildman–Crippen MR) is 114 cm³/mol. The van der Waals surface area contributed by atoms with Crippen molar-refractivity contribution in [2.75, 3.05) is 12.4 Å². The largest absolute Gasteiger partial charge is 0.493 e. The van der Waals surface area contributed by atoms with Crippen molar-refractivity contribution in [2.24, 2.45) is 0 Å². The molecule has 0 atom stereocenters. The third-order valence-corrected chi connectivity index (χ3v) is 5.07. The van der Waals surface area contributed by atoms with E-state index in [1.165, 1.54) is 0 Å². The van der Waals surface area contributed by atoms with Crippen molar-refractivity contribution in [3.8, 4) is 11.5 Å². The molecule has 0 amide bonds. The van der Waals surface area contributed by atoms with Gasteiger partial charge in [0.05, 0.1) is 23.7 Å². The van der Waals surface area contributed by atoms with Crippen LogP contribution in [-0.4, -0.2) is 27.3 Å². The van der Waals surface area contributed by atoms with Crippen LogP contribution < -0.4 is 14.8 Å². The molecule has 3 rings (SSSR count). The number of rotatable bonds is 9. The lowest BCUT2D eigenvalue weighted by molar-refractivity contribution is 0.284. The van der Waals surface area contributed by atoms with Gasteiger partial charge in [-0.1, -0.05) is 52.0 Å². The van der Waals surface area contributed by atoms with E-state index >= 15 is 0 Å². The Bertz CT molecular complexity index is 1010. The molecule has 0 aliphatic rings. The van der Waals surface area contributed by atoms with Gasteiger partial charge in [-0.3, -0.25) is 0 Å². The second-order valence-electron chi connectivity index (χ2n) is 5.96. The van der Waals surface area contributed by atoms with Crippen LogP contribution in [0, 0.1) is 0 Å². The van der Waals surface area contributed by atoms with Gasteiger partial charge >= 0.3 is 0 Å². The summed E-state index contributed by atoms with van der Waals surface area (Å²) in [5, 5.41) is 16.1. The molecular weight excluding hydrogens is 437 g/mol. The van der Waals surface area contributed by atoms with Crippen LogP contribution in [0.3, 0.4) is 0 Å². The van der Waals surface area contributed by atoms with Crippen LogP contribution in [0.5, 0.6) is 11.5 Å². The summed E-state index contributed by atoms with van der Waals surface area (Å²) < 4.78 is 12.9. The average molecular weight is 455 g/mol. The lowest BCUT2D eigenvalue weighted by Crippen LogP contribution is -2.09. The zero-order valence-corrected chi connectivity index (χ0v) is 17.8. The van der Waals surface area contributed by atoms with E-state index in [9.17, 15) is 0 Å². The third kappa shape index (κ3) is 5.32. The first-order valence-electron chi connectivity index (χ1n) is 8.56. The Morgan fingerprint density at radius 2 is 1.93 bits per heavy atom. The van der Waals surface area contributed by atoms with E-state index in [0.29, 0.717) is 45.6 Å². The summed E-state index contributed by atoms with van der Waals surface area (Å²) in [4.78, 5) is 0. The minimum atomic E-state index is 0.289. The number of hydrogen-bond acceptors (Lipinski definition) is 6. The van der Waals surface area contributed by atoms with Gasteiger partial charge < -0.3 is 14.8 Å². The highest BCUT2D eigenvalue weighted by Gasteiger charge is 2.13. The molecule has 0 fully saturated rings. The van der Waals surface area contributed by atoms with Crippen molar-refractivity contribution < 1.29 is 9.47 Å². The minimum absolute atomic E-state index is 0.289. The summed E-state index contributed by atoms with van der Waals surface area (Å²) in [6.07, 6.45) is 1.71. The number of ether oxygens (including phenoxy) is 2. The summed E-state index contributed by atoms with van der Waals surface area (Å²) >= 11 is 18.4. The topological polar surface area (TPSA) is 74.1 Å². The van der Waals surface area contributed by atoms with Crippen molar-refractivity contribution >= 4 is 40.8 Å². The van der Waals surface area contributed by atoms with Crippen LogP contribution >= 0.6 is 34.8 Å². The van der Waals surface area contributed by atoms with E-state index in [1.807, 2.05) is 6.07 Å². The number of anilines is 1. The smallest absolute Gasteiger partial charge is 0.243 e. The van der Waals surface area contributed by atoms with Gasteiger partial charge in [0.2, 0.25) is 5.95 Å². The molecule has 0 aliphatic carbocycles. The van der Waals surface area contributed by atoms with Crippen LogP contribution in [0.4, 0.5) is 5.95 Å². The SMILES string of the molecule is C=CCn1nnnc1NCc1cc(OC)c(OCc2ccc(Cl)c(Cl)c2)cc1Cl. The van der Waals surface area contributed by atoms with Crippen LogP contribution in [-0.2, 0) is 19.7 Å². The van der Waals surface area contributed by atoms with Crippen molar-refractivity contribution in [2.45, 2.75) is 19.7 Å². The van der Waals surface area contributed by atoms with Gasteiger partial charge in [-0.05, 0) is 39.8 Å². The average Bonchev–Trinajstić information content (AvgIpc) is 3.15. The molecule has 0 unspecified atom stereocenters. The summed E-state index contributed by atoms with van der Waals surface area (Å²) in [5.74, 6) is 1.58. The highest BCUT2D eigenvalue weighted by molar-refractivity contribution is 6.42. The van der Waals surface area contributed by atoms with Gasteiger partial charge in [-0.25, -0.2) is 4.68 Å². The summed E-state index contributed by atoms with van der Waals surface area (Å²) in [7, 11) is 1.57. The Morgan fingerprint density at radius 1 is 1.10 bits per heavy atom. The van der Waals surface area contributed by atoms with Crippen molar-refractivity contribution in [1.82, 2.24) is 20.2 Å². The molecule has 2 aromatic carbocycles. The molecule has 1 N–H and O–H groups in total. The highest BCUT2D eigenvalue weighted by atomic mass is 35.5. The Morgan fingerprint density at radius 3 is 2.66 bits per heavy atom. The summed E-state index contributed by atoms with van der Waals surface area (Å²) in [6, 6.07) is 8.84. The standard InChI is InChI=1S/C19H18Cl3N5O2/c1-3-6-27-19(24-25-26-27)23-10-13-8-17(28-2)18(9-15(13)21)29-11-12-4-5-14(20)16(22)7-12/h3-5,7-9H,1,6,10-11H2,2H3,(H,23,24,26). The molecule has 0 bridgehead atoms. The highest BCUT2D eigenvalue weighted by Crippen LogP contribution is 2.34. The molecule has 0 radical (unpaired) electrons. The molecule has 29 heavy (non-hydrogen) atoms. The molecule has 1 heterocycles. The number of halogens is 3. The Kier molecular flexibility index (Phi) is 7.19. The third-order valence-electron chi connectivity index (χ3n) is 3.98. The van der Waals surface area contributed by atoms with Gasteiger partial charge in [-0.15, -0.1) is 6.58 Å². The first kappa shape index (κ1) is 21.2. The molecule has 1 aromatic heterocycles. The fourth-order valence-corrected chi connectivity index (χ4v) is 3.07. The molecule has 0 spiro atoms. The van der Waals surface area contributed by atoms with Crippen LogP contribution in [0.15, 0.2) is 43.0 Å². The lowest BCUT2D eigenvalue weighted by Gasteiger charge is -2.14. The molecule has 152 valence electrons. The number of tetrazole rings is 1. The molecule has 0 aliphatic heterocycles. The Labute approximate surface area is 183 Å². The van der Waals surface area contributed by atoms with Crippen molar-refractivity contribution in [3.05, 3.63) is 69.2 Å². The van der Waals surface area contributed by atoms with Crippen LogP contribution in [0.2, 0.25) is 15.1 Å². The van der Waals surface area contributed by atoms with Gasteiger partial charge in [0.1, 0.15) is 6.61 Å². The van der Waals surface area contributed by atoms with E-state index in [1.54, 1.807) is 42.1 Å². The number of allylic oxidation sites excluding steroid dienone is 1. The zero-order valence-electron chi connectivity index (χ0n) is 15.5. The zero-order chi connectivity index (χ0) is 20.8. The number of nitrogens with zero attached hydrogens (tertiary/aromatic N) is 4. The number of hydrogen-bond donors (Lipinski definition) is 1. The van der Waals surface area contributed by atoms with Gasteiger partial charge in [0.25, 0.3) is 0 Å². The summed E-state index contributed by atoms with van der Waals surface area (Å²) in [6.45, 7) is 4.87. The van der Waals surface area contributed by atoms with E-state index in [2.05, 4.69) is 27.4 Å². The molecule has 10 heteroatoms. The lowest BCUT2D eigenvalue weighted by atomic mass is 10.2. The molecule has 7 nitrogen and oxygen atoms in total.